The summed E-state index contributed by atoms with van der Waals surface area (Å²) in [6.45, 7) is 0. The van der Waals surface area contributed by atoms with Crippen molar-refractivity contribution in [2.45, 2.75) is 12.1 Å². The van der Waals surface area contributed by atoms with Crippen molar-refractivity contribution in [1.29, 1.82) is 0 Å². The summed E-state index contributed by atoms with van der Waals surface area (Å²) >= 11 is 0. The lowest BCUT2D eigenvalue weighted by Gasteiger charge is -2.39. The molecular formula is C19H15N3O5. The van der Waals surface area contributed by atoms with Gasteiger partial charge in [0.2, 0.25) is 5.91 Å². The molecule has 136 valence electrons. The SMILES string of the molecule is O=C1NC(=O)C2C(N1)OC(c1ccccc1)=CC2c1cccc([N+](=O)[O-])c1. The van der Waals surface area contributed by atoms with E-state index in [9.17, 15) is 19.7 Å². The number of nitrogens with one attached hydrogen (secondary N) is 2. The molecule has 2 N–H and O–H groups in total. The number of urea groups is 1. The number of ether oxygens (including phenoxy) is 1. The zero-order valence-corrected chi connectivity index (χ0v) is 14.0. The Morgan fingerprint density at radius 3 is 2.56 bits per heavy atom. The highest BCUT2D eigenvalue weighted by molar-refractivity contribution is 5.99. The third kappa shape index (κ3) is 3.12. The van der Waals surface area contributed by atoms with E-state index in [4.69, 9.17) is 4.74 Å². The second kappa shape index (κ2) is 6.56. The molecule has 0 aliphatic carbocycles. The lowest BCUT2D eigenvalue weighted by atomic mass is 9.80. The summed E-state index contributed by atoms with van der Waals surface area (Å²) in [7, 11) is 0. The molecule has 2 aliphatic heterocycles. The highest BCUT2D eigenvalue weighted by Crippen LogP contribution is 2.40. The Kier molecular flexibility index (Phi) is 4.08. The average molecular weight is 365 g/mol. The van der Waals surface area contributed by atoms with E-state index in [1.165, 1.54) is 12.1 Å². The van der Waals surface area contributed by atoms with E-state index in [0.717, 1.165) is 5.56 Å². The van der Waals surface area contributed by atoms with Gasteiger partial charge in [-0.3, -0.25) is 20.2 Å². The van der Waals surface area contributed by atoms with Gasteiger partial charge in [0, 0.05) is 23.6 Å². The van der Waals surface area contributed by atoms with Crippen LogP contribution in [0.3, 0.4) is 0 Å². The number of hydrogen-bond donors (Lipinski definition) is 2. The van der Waals surface area contributed by atoms with Gasteiger partial charge in [0.05, 0.1) is 4.92 Å². The fourth-order valence-electron chi connectivity index (χ4n) is 3.40. The Hall–Kier alpha value is -3.68. The van der Waals surface area contributed by atoms with Crippen molar-refractivity contribution >= 4 is 23.4 Å². The largest absolute Gasteiger partial charge is 0.469 e. The Bertz CT molecular complexity index is 957. The molecule has 0 bridgehead atoms. The Labute approximate surface area is 154 Å². The lowest BCUT2D eigenvalue weighted by Crippen LogP contribution is -2.61. The third-order valence-corrected chi connectivity index (χ3v) is 4.63. The van der Waals surface area contributed by atoms with Gasteiger partial charge in [0.25, 0.3) is 5.69 Å². The first-order chi connectivity index (χ1) is 13.0. The number of fused-ring (bicyclic) bond motifs is 1. The smallest absolute Gasteiger partial charge is 0.324 e. The number of imide groups is 1. The predicted octanol–water partition coefficient (Wildman–Crippen LogP) is 2.53. The van der Waals surface area contributed by atoms with Crippen molar-refractivity contribution < 1.29 is 19.2 Å². The molecule has 8 heteroatoms. The molecule has 2 aliphatic rings. The van der Waals surface area contributed by atoms with E-state index >= 15 is 0 Å². The molecule has 2 aromatic carbocycles. The predicted molar refractivity (Wildman–Crippen MR) is 95.3 cm³/mol. The molecule has 3 amide bonds. The molecule has 1 saturated heterocycles. The minimum Gasteiger partial charge on any atom is -0.469 e. The second-order valence-electron chi connectivity index (χ2n) is 6.30. The fraction of sp³-hybridized carbons (Fsp3) is 0.158. The minimum atomic E-state index is -0.865. The number of carbonyl (C=O) groups is 2. The summed E-state index contributed by atoms with van der Waals surface area (Å²) in [5.41, 5.74) is 1.32. The maximum Gasteiger partial charge on any atom is 0.324 e. The van der Waals surface area contributed by atoms with E-state index in [2.05, 4.69) is 10.6 Å². The van der Waals surface area contributed by atoms with Crippen molar-refractivity contribution in [2.75, 3.05) is 0 Å². The molecule has 3 unspecified atom stereocenters. The van der Waals surface area contributed by atoms with Gasteiger partial charge in [-0.25, -0.2) is 4.79 Å². The zero-order valence-electron chi connectivity index (χ0n) is 14.0. The van der Waals surface area contributed by atoms with Crippen molar-refractivity contribution in [1.82, 2.24) is 10.6 Å². The normalized spacial score (nSPS) is 24.0. The number of hydrogen-bond acceptors (Lipinski definition) is 5. The third-order valence-electron chi connectivity index (χ3n) is 4.63. The summed E-state index contributed by atoms with van der Waals surface area (Å²) in [5, 5.41) is 16.0. The first-order valence-corrected chi connectivity index (χ1v) is 8.32. The zero-order chi connectivity index (χ0) is 19.0. The van der Waals surface area contributed by atoms with Crippen LogP contribution in [-0.2, 0) is 9.53 Å². The van der Waals surface area contributed by atoms with Crippen LogP contribution in [0.4, 0.5) is 10.5 Å². The van der Waals surface area contributed by atoms with Gasteiger partial charge in [-0.1, -0.05) is 42.5 Å². The van der Waals surface area contributed by atoms with Crippen molar-refractivity contribution in [3.8, 4) is 0 Å². The summed E-state index contributed by atoms with van der Waals surface area (Å²) in [6, 6.07) is 14.8. The van der Waals surface area contributed by atoms with Gasteiger partial charge in [0.1, 0.15) is 11.7 Å². The number of nitro groups is 1. The summed E-state index contributed by atoms with van der Waals surface area (Å²) < 4.78 is 5.88. The number of benzene rings is 2. The van der Waals surface area contributed by atoms with Crippen molar-refractivity contribution in [2.24, 2.45) is 5.92 Å². The molecule has 0 spiro atoms. The van der Waals surface area contributed by atoms with Crippen LogP contribution < -0.4 is 10.6 Å². The van der Waals surface area contributed by atoms with Crippen LogP contribution in [0.15, 0.2) is 60.7 Å². The summed E-state index contributed by atoms with van der Waals surface area (Å²) in [4.78, 5) is 34.9. The summed E-state index contributed by atoms with van der Waals surface area (Å²) in [5.74, 6) is -1.22. The number of allylic oxidation sites excluding steroid dienone is 1. The van der Waals surface area contributed by atoms with Crippen LogP contribution in [0.25, 0.3) is 5.76 Å². The van der Waals surface area contributed by atoms with Gasteiger partial charge < -0.3 is 10.1 Å². The number of rotatable bonds is 3. The first-order valence-electron chi connectivity index (χ1n) is 8.32. The van der Waals surface area contributed by atoms with Gasteiger partial charge in [0.15, 0.2) is 6.23 Å². The van der Waals surface area contributed by atoms with Gasteiger partial charge in [-0.15, -0.1) is 0 Å². The molecular weight excluding hydrogens is 350 g/mol. The fourth-order valence-corrected chi connectivity index (χ4v) is 3.40. The van der Waals surface area contributed by atoms with Crippen molar-refractivity contribution in [3.63, 3.8) is 0 Å². The van der Waals surface area contributed by atoms with E-state index in [0.29, 0.717) is 11.3 Å². The molecule has 0 saturated carbocycles. The highest BCUT2D eigenvalue weighted by atomic mass is 16.6. The molecule has 0 radical (unpaired) electrons. The van der Waals surface area contributed by atoms with E-state index in [-0.39, 0.29) is 5.69 Å². The monoisotopic (exact) mass is 365 g/mol. The molecule has 3 atom stereocenters. The highest BCUT2D eigenvalue weighted by Gasteiger charge is 2.45. The molecule has 8 nitrogen and oxygen atoms in total. The van der Waals surface area contributed by atoms with Crippen LogP contribution >= 0.6 is 0 Å². The number of nitro benzene ring substituents is 1. The lowest BCUT2D eigenvalue weighted by molar-refractivity contribution is -0.384. The molecule has 1 fully saturated rings. The quantitative estimate of drug-likeness (QED) is 0.641. The van der Waals surface area contributed by atoms with E-state index in [1.807, 2.05) is 30.3 Å². The maximum absolute atomic E-state index is 12.5. The first kappa shape index (κ1) is 16.8. The van der Waals surface area contributed by atoms with Gasteiger partial charge >= 0.3 is 6.03 Å². The summed E-state index contributed by atoms with van der Waals surface area (Å²) in [6.07, 6.45) is 0.905. The van der Waals surface area contributed by atoms with Crippen LogP contribution in [0, 0.1) is 16.0 Å². The molecule has 2 aromatic rings. The average Bonchev–Trinajstić information content (AvgIpc) is 2.67. The van der Waals surface area contributed by atoms with Crippen LogP contribution in [0.2, 0.25) is 0 Å². The van der Waals surface area contributed by atoms with E-state index < -0.39 is 34.9 Å². The van der Waals surface area contributed by atoms with Crippen LogP contribution in [-0.4, -0.2) is 23.1 Å². The Balaban J connectivity index is 1.82. The van der Waals surface area contributed by atoms with Crippen molar-refractivity contribution in [3.05, 3.63) is 81.9 Å². The van der Waals surface area contributed by atoms with Gasteiger partial charge in [-0.05, 0) is 11.6 Å². The van der Waals surface area contributed by atoms with E-state index in [1.54, 1.807) is 18.2 Å². The number of carbonyl (C=O) groups excluding carboxylic acids is 2. The minimum absolute atomic E-state index is 0.0644. The van der Waals surface area contributed by atoms with Gasteiger partial charge in [-0.2, -0.15) is 0 Å². The molecule has 2 heterocycles. The maximum atomic E-state index is 12.5. The standard InChI is InChI=1S/C19H15N3O5/c23-17-16-14(12-7-4-8-13(9-12)22(25)26)10-15(11-5-2-1-3-6-11)27-18(16)21-19(24)20-17/h1-10,14,16,18H,(H2,20,21,23,24). The second-order valence-corrected chi connectivity index (χ2v) is 6.30. The van der Waals surface area contributed by atoms with Crippen LogP contribution in [0.5, 0.6) is 0 Å². The Morgan fingerprint density at radius 2 is 1.81 bits per heavy atom. The molecule has 27 heavy (non-hydrogen) atoms. The Morgan fingerprint density at radius 1 is 1.04 bits per heavy atom. The molecule has 0 aromatic heterocycles. The van der Waals surface area contributed by atoms with Crippen LogP contribution in [0.1, 0.15) is 17.0 Å². The molecule has 4 rings (SSSR count). The number of amides is 3. The topological polar surface area (TPSA) is 111 Å². The number of non-ortho nitro benzene ring substituents is 1. The number of nitrogens with zero attached hydrogens (tertiary/aromatic N) is 1.